The van der Waals surface area contributed by atoms with Crippen molar-refractivity contribution in [1.82, 2.24) is 4.31 Å². The van der Waals surface area contributed by atoms with E-state index in [0.717, 1.165) is 16.4 Å². The van der Waals surface area contributed by atoms with Gasteiger partial charge in [0.15, 0.2) is 4.90 Å². The summed E-state index contributed by atoms with van der Waals surface area (Å²) in [6, 6.07) is 3.66. The van der Waals surface area contributed by atoms with Crippen LogP contribution in [0.25, 0.3) is 0 Å². The number of nitrogens with zero attached hydrogens (tertiary/aromatic N) is 2. The molecule has 0 bridgehead atoms. The zero-order chi connectivity index (χ0) is 16.7. The van der Waals surface area contributed by atoms with Gasteiger partial charge in [-0.2, -0.15) is 4.31 Å². The lowest BCUT2D eigenvalue weighted by Crippen LogP contribution is -2.30. The average Bonchev–Trinajstić information content (AvgIpc) is 2.81. The fourth-order valence-electron chi connectivity index (χ4n) is 2.43. The monoisotopic (exact) mass is 392 g/mol. The normalized spacial score (nSPS) is 22.6. The summed E-state index contributed by atoms with van der Waals surface area (Å²) < 4.78 is 26.6. The summed E-state index contributed by atoms with van der Waals surface area (Å²) in [6.45, 7) is 1.48. The molecule has 10 heteroatoms. The van der Waals surface area contributed by atoms with Gasteiger partial charge in [-0.1, -0.05) is 22.9 Å². The van der Waals surface area contributed by atoms with Crippen LogP contribution in [0.5, 0.6) is 0 Å². The molecule has 0 saturated carbocycles. The van der Waals surface area contributed by atoms with Gasteiger partial charge < -0.3 is 5.11 Å². The first-order valence-electron chi connectivity index (χ1n) is 6.31. The van der Waals surface area contributed by atoms with Crippen molar-refractivity contribution < 1.29 is 23.2 Å². The molecule has 1 N–H and O–H groups in total. The lowest BCUT2D eigenvalue weighted by atomic mass is 9.99. The summed E-state index contributed by atoms with van der Waals surface area (Å²) in [5, 5.41) is 20.2. The molecule has 2 rings (SSSR count). The minimum Gasteiger partial charge on any atom is -0.481 e. The number of nitro benzene ring substituents is 1. The van der Waals surface area contributed by atoms with E-state index in [1.165, 1.54) is 6.07 Å². The largest absolute Gasteiger partial charge is 0.481 e. The van der Waals surface area contributed by atoms with Crippen molar-refractivity contribution in [2.24, 2.45) is 11.8 Å². The minimum absolute atomic E-state index is 0.0204. The molecule has 0 unspecified atom stereocenters. The number of hydrogen-bond acceptors (Lipinski definition) is 5. The van der Waals surface area contributed by atoms with Gasteiger partial charge in [-0.25, -0.2) is 8.42 Å². The van der Waals surface area contributed by atoms with Crippen molar-refractivity contribution in [1.29, 1.82) is 0 Å². The van der Waals surface area contributed by atoms with Crippen molar-refractivity contribution in [3.8, 4) is 0 Å². The number of nitro groups is 1. The van der Waals surface area contributed by atoms with Gasteiger partial charge >= 0.3 is 5.97 Å². The molecule has 1 aliphatic heterocycles. The van der Waals surface area contributed by atoms with Crippen molar-refractivity contribution in [3.63, 3.8) is 0 Å². The van der Waals surface area contributed by atoms with Gasteiger partial charge in [-0.3, -0.25) is 14.9 Å². The number of rotatable bonds is 4. The smallest absolute Gasteiger partial charge is 0.308 e. The van der Waals surface area contributed by atoms with Crippen molar-refractivity contribution in [2.75, 3.05) is 13.1 Å². The number of carboxylic acids is 1. The molecule has 1 fully saturated rings. The second kappa shape index (κ2) is 5.94. The lowest BCUT2D eigenvalue weighted by Gasteiger charge is -2.16. The number of carboxylic acid groups (broad SMARTS) is 1. The maximum Gasteiger partial charge on any atom is 0.308 e. The number of benzene rings is 1. The molecule has 0 spiro atoms. The molecule has 1 heterocycles. The first kappa shape index (κ1) is 16.8. The molecule has 1 aliphatic rings. The summed E-state index contributed by atoms with van der Waals surface area (Å²) in [5.74, 6) is -2.25. The molecular weight excluding hydrogens is 380 g/mol. The maximum atomic E-state index is 12.6. The number of halogens is 1. The molecule has 22 heavy (non-hydrogen) atoms. The molecular formula is C12H13BrN2O6S. The summed E-state index contributed by atoms with van der Waals surface area (Å²) in [5.41, 5.74) is -0.541. The highest BCUT2D eigenvalue weighted by atomic mass is 79.9. The molecule has 1 saturated heterocycles. The van der Waals surface area contributed by atoms with Gasteiger partial charge in [0.25, 0.3) is 5.69 Å². The van der Waals surface area contributed by atoms with E-state index in [-0.39, 0.29) is 19.0 Å². The first-order valence-corrected chi connectivity index (χ1v) is 8.54. The van der Waals surface area contributed by atoms with Crippen LogP contribution >= 0.6 is 15.9 Å². The molecule has 120 valence electrons. The minimum atomic E-state index is -4.12. The van der Waals surface area contributed by atoms with Crippen LogP contribution in [0.2, 0.25) is 0 Å². The number of carbonyl (C=O) groups is 1. The summed E-state index contributed by atoms with van der Waals surface area (Å²) in [4.78, 5) is 21.0. The second-order valence-corrected chi connectivity index (χ2v) is 7.94. The molecule has 2 atom stereocenters. The Morgan fingerprint density at radius 1 is 1.45 bits per heavy atom. The summed E-state index contributed by atoms with van der Waals surface area (Å²) >= 11 is 3.06. The van der Waals surface area contributed by atoms with E-state index in [9.17, 15) is 23.3 Å². The van der Waals surface area contributed by atoms with Gasteiger partial charge in [-0.15, -0.1) is 0 Å². The van der Waals surface area contributed by atoms with Crippen molar-refractivity contribution in [2.45, 2.75) is 11.8 Å². The molecule has 0 aromatic heterocycles. The van der Waals surface area contributed by atoms with Crippen LogP contribution < -0.4 is 0 Å². The molecule has 0 aliphatic carbocycles. The van der Waals surface area contributed by atoms with Crippen LogP contribution in [0.15, 0.2) is 27.6 Å². The third-order valence-corrected chi connectivity index (χ3v) is 6.00. The topological polar surface area (TPSA) is 118 Å². The van der Waals surface area contributed by atoms with E-state index in [2.05, 4.69) is 15.9 Å². The highest BCUT2D eigenvalue weighted by Gasteiger charge is 2.42. The molecule has 0 radical (unpaired) electrons. The zero-order valence-corrected chi connectivity index (χ0v) is 13.9. The van der Waals surface area contributed by atoms with Crippen molar-refractivity contribution >= 4 is 37.6 Å². The Morgan fingerprint density at radius 2 is 2.09 bits per heavy atom. The van der Waals surface area contributed by atoms with Gasteiger partial charge in [0.1, 0.15) is 0 Å². The second-order valence-electron chi connectivity index (χ2n) is 5.11. The fraction of sp³-hybridized carbons (Fsp3) is 0.417. The van der Waals surface area contributed by atoms with Gasteiger partial charge in [0.2, 0.25) is 10.0 Å². The first-order chi connectivity index (χ1) is 10.1. The van der Waals surface area contributed by atoms with E-state index in [1.807, 2.05) is 0 Å². The Kier molecular flexibility index (Phi) is 4.54. The van der Waals surface area contributed by atoms with E-state index < -0.39 is 37.4 Å². The summed E-state index contributed by atoms with van der Waals surface area (Å²) in [7, 11) is -4.12. The molecule has 8 nitrogen and oxygen atoms in total. The zero-order valence-electron chi connectivity index (χ0n) is 11.5. The van der Waals surface area contributed by atoms with E-state index in [0.29, 0.717) is 4.47 Å². The fourth-order valence-corrected chi connectivity index (χ4v) is 4.48. The van der Waals surface area contributed by atoms with Crippen LogP contribution in [0.4, 0.5) is 5.69 Å². The summed E-state index contributed by atoms with van der Waals surface area (Å²) in [6.07, 6.45) is 0. The third-order valence-electron chi connectivity index (χ3n) is 3.63. The lowest BCUT2D eigenvalue weighted by molar-refractivity contribution is -0.387. The van der Waals surface area contributed by atoms with Gasteiger partial charge in [0, 0.05) is 23.6 Å². The number of hydrogen-bond donors (Lipinski definition) is 1. The predicted molar refractivity (Wildman–Crippen MR) is 79.8 cm³/mol. The standard InChI is InChI=1S/C12H13BrN2O6S/c1-7-5-14(6-9(7)12(16)17)22(20,21)11-3-2-8(13)4-10(11)15(18)19/h2-4,7,9H,5-6H2,1H3,(H,16,17)/t7-,9-/m1/s1. The highest BCUT2D eigenvalue weighted by Crippen LogP contribution is 2.33. The quantitative estimate of drug-likeness (QED) is 0.615. The molecule has 1 aromatic rings. The SMILES string of the molecule is C[C@@H]1CN(S(=O)(=O)c2ccc(Br)cc2[N+](=O)[O-])C[C@H]1C(=O)O. The van der Waals surface area contributed by atoms with Crippen LogP contribution in [0.3, 0.4) is 0 Å². The highest BCUT2D eigenvalue weighted by molar-refractivity contribution is 9.10. The Hall–Kier alpha value is -1.52. The Morgan fingerprint density at radius 3 is 2.59 bits per heavy atom. The van der Waals surface area contributed by atoms with E-state index in [4.69, 9.17) is 5.11 Å². The van der Waals surface area contributed by atoms with Gasteiger partial charge in [0.05, 0.1) is 10.8 Å². The van der Waals surface area contributed by atoms with E-state index in [1.54, 1.807) is 6.92 Å². The molecule has 1 aromatic carbocycles. The predicted octanol–water partition coefficient (Wildman–Crippen LogP) is 1.70. The van der Waals surface area contributed by atoms with Crippen molar-refractivity contribution in [3.05, 3.63) is 32.8 Å². The number of aliphatic carboxylic acids is 1. The number of sulfonamides is 1. The van der Waals surface area contributed by atoms with Gasteiger partial charge in [-0.05, 0) is 18.1 Å². The van der Waals surface area contributed by atoms with Crippen LogP contribution in [0.1, 0.15) is 6.92 Å². The average molecular weight is 393 g/mol. The Balaban J connectivity index is 2.45. The third kappa shape index (κ3) is 2.99. The van der Waals surface area contributed by atoms with Crippen LogP contribution in [0, 0.1) is 22.0 Å². The Labute approximate surface area is 135 Å². The van der Waals surface area contributed by atoms with Crippen LogP contribution in [-0.4, -0.2) is 41.8 Å². The van der Waals surface area contributed by atoms with Crippen LogP contribution in [-0.2, 0) is 14.8 Å². The van der Waals surface area contributed by atoms with E-state index >= 15 is 0 Å². The molecule has 0 amide bonds. The maximum absolute atomic E-state index is 12.6. The Bertz CT molecular complexity index is 735.